The van der Waals surface area contributed by atoms with Crippen LogP contribution < -0.4 is 10.6 Å². The Balaban J connectivity index is 1.39. The second kappa shape index (κ2) is 7.89. The summed E-state index contributed by atoms with van der Waals surface area (Å²) in [4.78, 5) is 19.1. The molecule has 3 atom stereocenters. The number of carbonyl (C=O) groups excluding carboxylic acids is 1. The molecule has 26 heavy (non-hydrogen) atoms. The Morgan fingerprint density at radius 1 is 1.08 bits per heavy atom. The third kappa shape index (κ3) is 3.65. The predicted octanol–water partition coefficient (Wildman–Crippen LogP) is 0.329. The first kappa shape index (κ1) is 18.3. The van der Waals surface area contributed by atoms with Gasteiger partial charge in [-0.1, -0.05) is 0 Å². The third-order valence-corrected chi connectivity index (χ3v) is 7.09. The summed E-state index contributed by atoms with van der Waals surface area (Å²) in [7, 11) is 0. The van der Waals surface area contributed by atoms with Gasteiger partial charge in [0.25, 0.3) is 0 Å². The SMILES string of the molecule is N#CN1CCN2CCN(C3CC(C4CCC(Cl)CC4)NCN3)C(=O)[C@H]2C1. The Labute approximate surface area is 160 Å². The number of fused-ring (bicyclic) bond motifs is 1. The summed E-state index contributed by atoms with van der Waals surface area (Å²) in [5.41, 5.74) is 0. The Morgan fingerprint density at radius 3 is 2.62 bits per heavy atom. The summed E-state index contributed by atoms with van der Waals surface area (Å²) >= 11 is 6.26. The van der Waals surface area contributed by atoms with Crippen LogP contribution in [-0.4, -0.2) is 83.6 Å². The summed E-state index contributed by atoms with van der Waals surface area (Å²) in [6.07, 6.45) is 7.83. The highest BCUT2D eigenvalue weighted by Crippen LogP contribution is 2.32. The van der Waals surface area contributed by atoms with Crippen molar-refractivity contribution in [3.05, 3.63) is 0 Å². The first-order chi connectivity index (χ1) is 12.7. The maximum Gasteiger partial charge on any atom is 0.243 e. The summed E-state index contributed by atoms with van der Waals surface area (Å²) in [5, 5.41) is 16.6. The Bertz CT molecular complexity index is 560. The Morgan fingerprint density at radius 2 is 1.85 bits per heavy atom. The van der Waals surface area contributed by atoms with Crippen LogP contribution in [0.2, 0.25) is 0 Å². The number of hydrogen-bond donors (Lipinski definition) is 2. The van der Waals surface area contributed by atoms with E-state index in [0.717, 1.165) is 52.1 Å². The van der Waals surface area contributed by atoms with Crippen LogP contribution in [-0.2, 0) is 4.79 Å². The van der Waals surface area contributed by atoms with E-state index in [-0.39, 0.29) is 18.1 Å². The van der Waals surface area contributed by atoms with Gasteiger partial charge in [0.2, 0.25) is 5.91 Å². The second-order valence-electron chi connectivity index (χ2n) is 8.08. The predicted molar refractivity (Wildman–Crippen MR) is 99.2 cm³/mol. The van der Waals surface area contributed by atoms with Crippen LogP contribution in [0.3, 0.4) is 0 Å². The minimum atomic E-state index is -0.168. The summed E-state index contributed by atoms with van der Waals surface area (Å²) in [6.45, 7) is 4.50. The molecule has 4 rings (SSSR count). The van der Waals surface area contributed by atoms with Gasteiger partial charge in [-0.25, -0.2) is 0 Å². The molecular formula is C18H29ClN6O. The highest BCUT2D eigenvalue weighted by atomic mass is 35.5. The fourth-order valence-corrected chi connectivity index (χ4v) is 5.30. The van der Waals surface area contributed by atoms with E-state index in [1.54, 1.807) is 4.90 Å². The molecular weight excluding hydrogens is 352 g/mol. The molecule has 0 aromatic rings. The normalized spacial score (nSPS) is 39.4. The van der Waals surface area contributed by atoms with E-state index in [2.05, 4.69) is 21.7 Å². The fourth-order valence-electron chi connectivity index (χ4n) is 5.05. The smallest absolute Gasteiger partial charge is 0.243 e. The van der Waals surface area contributed by atoms with Gasteiger partial charge < -0.3 is 15.1 Å². The molecule has 3 saturated heterocycles. The molecule has 2 N–H and O–H groups in total. The minimum Gasteiger partial charge on any atom is -0.324 e. The zero-order valence-electron chi connectivity index (χ0n) is 15.2. The van der Waals surface area contributed by atoms with Crippen molar-refractivity contribution in [2.24, 2.45) is 5.92 Å². The number of nitrogens with zero attached hydrogens (tertiary/aromatic N) is 4. The summed E-state index contributed by atoms with van der Waals surface area (Å²) in [5.74, 6) is 0.841. The summed E-state index contributed by atoms with van der Waals surface area (Å²) < 4.78 is 0. The first-order valence-corrected chi connectivity index (χ1v) is 10.4. The Kier molecular flexibility index (Phi) is 5.55. The van der Waals surface area contributed by atoms with Crippen molar-refractivity contribution in [1.82, 2.24) is 25.3 Å². The molecule has 0 spiro atoms. The van der Waals surface area contributed by atoms with E-state index < -0.39 is 0 Å². The Hall–Kier alpha value is -1.07. The van der Waals surface area contributed by atoms with E-state index in [0.29, 0.717) is 23.9 Å². The average molecular weight is 381 g/mol. The molecule has 0 aromatic carbocycles. The van der Waals surface area contributed by atoms with Crippen LogP contribution >= 0.6 is 11.6 Å². The van der Waals surface area contributed by atoms with Crippen molar-refractivity contribution in [3.8, 4) is 6.19 Å². The van der Waals surface area contributed by atoms with E-state index in [4.69, 9.17) is 11.6 Å². The van der Waals surface area contributed by atoms with Gasteiger partial charge in [-0.05, 0) is 38.0 Å². The van der Waals surface area contributed by atoms with Gasteiger partial charge >= 0.3 is 0 Å². The second-order valence-corrected chi connectivity index (χ2v) is 8.70. The fraction of sp³-hybridized carbons (Fsp3) is 0.889. The molecule has 0 bridgehead atoms. The van der Waals surface area contributed by atoms with Crippen molar-refractivity contribution in [1.29, 1.82) is 5.26 Å². The average Bonchev–Trinajstić information content (AvgIpc) is 2.69. The number of amides is 1. The molecule has 8 heteroatoms. The van der Waals surface area contributed by atoms with E-state index in [1.165, 1.54) is 12.8 Å². The van der Waals surface area contributed by atoms with Gasteiger partial charge in [0.15, 0.2) is 6.19 Å². The van der Waals surface area contributed by atoms with E-state index in [1.807, 2.05) is 4.90 Å². The molecule has 0 aromatic heterocycles. The monoisotopic (exact) mass is 380 g/mol. The van der Waals surface area contributed by atoms with E-state index in [9.17, 15) is 10.1 Å². The largest absolute Gasteiger partial charge is 0.324 e. The lowest BCUT2D eigenvalue weighted by Crippen LogP contribution is -2.69. The molecule has 4 fully saturated rings. The molecule has 7 nitrogen and oxygen atoms in total. The first-order valence-electron chi connectivity index (χ1n) is 9.95. The highest BCUT2D eigenvalue weighted by molar-refractivity contribution is 6.20. The number of piperazine rings is 2. The number of nitrogens with one attached hydrogen (secondary N) is 2. The molecule has 1 saturated carbocycles. The zero-order chi connectivity index (χ0) is 18.1. The number of halogens is 1. The standard InChI is InChI=1S/C18H29ClN6O/c19-14-3-1-13(2-4-14)15-9-17(22-12-21-15)25-8-7-24-6-5-23(11-20)10-16(24)18(25)26/h13-17,21-22H,1-10,12H2/t13?,14?,15?,16-,17?/m1/s1. The van der Waals surface area contributed by atoms with Gasteiger partial charge in [-0.15, -0.1) is 11.6 Å². The lowest BCUT2D eigenvalue weighted by Gasteiger charge is -2.49. The van der Waals surface area contributed by atoms with Gasteiger partial charge in [0.1, 0.15) is 6.04 Å². The maximum absolute atomic E-state index is 13.1. The van der Waals surface area contributed by atoms with Crippen molar-refractivity contribution < 1.29 is 4.79 Å². The van der Waals surface area contributed by atoms with Crippen LogP contribution in [0.4, 0.5) is 0 Å². The van der Waals surface area contributed by atoms with Crippen LogP contribution in [0.1, 0.15) is 32.1 Å². The van der Waals surface area contributed by atoms with Crippen molar-refractivity contribution >= 4 is 17.5 Å². The number of carbonyl (C=O) groups is 1. The molecule has 4 aliphatic rings. The van der Waals surface area contributed by atoms with Gasteiger partial charge in [-0.2, -0.15) is 5.26 Å². The van der Waals surface area contributed by atoms with Crippen LogP contribution in [0.25, 0.3) is 0 Å². The molecule has 3 heterocycles. The van der Waals surface area contributed by atoms with Crippen molar-refractivity contribution in [3.63, 3.8) is 0 Å². The number of alkyl halides is 1. The third-order valence-electron chi connectivity index (χ3n) is 6.65. The lowest BCUT2D eigenvalue weighted by atomic mass is 9.81. The quantitative estimate of drug-likeness (QED) is 0.531. The van der Waals surface area contributed by atoms with Crippen molar-refractivity contribution in [2.75, 3.05) is 39.4 Å². The number of rotatable bonds is 2. The topological polar surface area (TPSA) is 74.6 Å². The zero-order valence-corrected chi connectivity index (χ0v) is 16.0. The number of nitriles is 1. The van der Waals surface area contributed by atoms with Crippen LogP contribution in [0.15, 0.2) is 0 Å². The maximum atomic E-state index is 13.1. The van der Waals surface area contributed by atoms with Gasteiger partial charge in [0.05, 0.1) is 12.7 Å². The molecule has 3 aliphatic heterocycles. The van der Waals surface area contributed by atoms with Gasteiger partial charge in [0, 0.05) is 44.3 Å². The van der Waals surface area contributed by atoms with Crippen LogP contribution in [0, 0.1) is 17.4 Å². The van der Waals surface area contributed by atoms with Crippen molar-refractivity contribution in [2.45, 2.75) is 55.7 Å². The highest BCUT2D eigenvalue weighted by Gasteiger charge is 2.42. The number of hydrogen-bond acceptors (Lipinski definition) is 6. The van der Waals surface area contributed by atoms with Crippen LogP contribution in [0.5, 0.6) is 0 Å². The molecule has 0 radical (unpaired) electrons. The minimum absolute atomic E-state index is 0.0992. The molecule has 1 aliphatic carbocycles. The lowest BCUT2D eigenvalue weighted by molar-refractivity contribution is -0.149. The van der Waals surface area contributed by atoms with E-state index >= 15 is 0 Å². The molecule has 144 valence electrons. The molecule has 1 amide bonds. The van der Waals surface area contributed by atoms with Gasteiger partial charge in [-0.3, -0.25) is 15.0 Å². The summed E-state index contributed by atoms with van der Waals surface area (Å²) in [6, 6.07) is 0.289. The molecule has 2 unspecified atom stereocenters.